The Morgan fingerprint density at radius 1 is 1.70 bits per heavy atom. The summed E-state index contributed by atoms with van der Waals surface area (Å²) in [5.74, 6) is 1.38. The maximum atomic E-state index is 9.79. The summed E-state index contributed by atoms with van der Waals surface area (Å²) in [6.45, 7) is 1.92. The molecule has 0 aromatic carbocycles. The number of thioether (sulfide) groups is 1. The van der Waals surface area contributed by atoms with Gasteiger partial charge >= 0.3 is 0 Å². The van der Waals surface area contributed by atoms with Crippen LogP contribution in [0, 0.1) is 0 Å². The summed E-state index contributed by atoms with van der Waals surface area (Å²) >= 11 is 1.78. The molecule has 1 amide bonds. The molecule has 0 radical (unpaired) electrons. The Morgan fingerprint density at radius 2 is 2.40 bits per heavy atom. The molecule has 2 aliphatic rings. The lowest BCUT2D eigenvalue weighted by molar-refractivity contribution is -0.125. The minimum absolute atomic E-state index is 0.185. The maximum absolute atomic E-state index is 9.79. The molecule has 0 saturated carbocycles. The van der Waals surface area contributed by atoms with E-state index in [9.17, 15) is 4.79 Å². The Morgan fingerprint density at radius 3 is 2.50 bits per heavy atom. The minimum atomic E-state index is 0.185. The summed E-state index contributed by atoms with van der Waals surface area (Å²) in [7, 11) is 0. The second-order valence-electron chi connectivity index (χ2n) is 1.98. The van der Waals surface area contributed by atoms with Gasteiger partial charge < -0.3 is 5.32 Å². The standard InChI is InChI=1S/C3H5NO.C3H5NS/c5-3-1-2-4-3;1-2-5-3-4-1/h1-2H2,(H,4,5);3H,1-2H2. The van der Waals surface area contributed by atoms with Crippen LogP contribution in [0.1, 0.15) is 6.42 Å². The van der Waals surface area contributed by atoms with E-state index in [0.717, 1.165) is 19.5 Å². The second-order valence-corrected chi connectivity index (χ2v) is 2.93. The maximum Gasteiger partial charge on any atom is 0.221 e. The van der Waals surface area contributed by atoms with Crippen LogP contribution in [0.4, 0.5) is 0 Å². The largest absolute Gasteiger partial charge is 0.356 e. The first kappa shape index (κ1) is 7.60. The van der Waals surface area contributed by atoms with Crippen LogP contribution in [0.25, 0.3) is 0 Å². The molecule has 3 nitrogen and oxygen atoms in total. The summed E-state index contributed by atoms with van der Waals surface area (Å²) in [5, 5.41) is 2.57. The van der Waals surface area contributed by atoms with E-state index in [1.165, 1.54) is 5.75 Å². The molecular weight excluding hydrogens is 148 g/mol. The average Bonchev–Trinajstić information content (AvgIpc) is 2.38. The van der Waals surface area contributed by atoms with Gasteiger partial charge in [-0.15, -0.1) is 11.8 Å². The zero-order chi connectivity index (χ0) is 7.23. The Bertz CT molecular complexity index is 135. The number of β-lactam (4-membered cyclic amide) rings is 1. The lowest BCUT2D eigenvalue weighted by atomic mass is 10.3. The number of rotatable bonds is 0. The number of carbonyl (C=O) groups is 1. The fraction of sp³-hybridized carbons (Fsp3) is 0.667. The van der Waals surface area contributed by atoms with E-state index >= 15 is 0 Å². The van der Waals surface area contributed by atoms with Crippen molar-refractivity contribution in [2.75, 3.05) is 18.8 Å². The van der Waals surface area contributed by atoms with Gasteiger partial charge in [0.15, 0.2) is 0 Å². The first-order valence-corrected chi connectivity index (χ1v) is 4.31. The number of hydrogen-bond donors (Lipinski definition) is 1. The Labute approximate surface area is 64.3 Å². The van der Waals surface area contributed by atoms with Crippen molar-refractivity contribution in [1.82, 2.24) is 5.32 Å². The topological polar surface area (TPSA) is 41.5 Å². The van der Waals surface area contributed by atoms with Crippen molar-refractivity contribution in [3.05, 3.63) is 0 Å². The number of nitrogens with one attached hydrogen (secondary N) is 1. The fourth-order valence-electron chi connectivity index (χ4n) is 0.491. The van der Waals surface area contributed by atoms with Crippen LogP contribution < -0.4 is 5.32 Å². The highest BCUT2D eigenvalue weighted by Gasteiger charge is 2.07. The van der Waals surface area contributed by atoms with Gasteiger partial charge in [0, 0.05) is 25.3 Å². The third-order valence-corrected chi connectivity index (χ3v) is 1.88. The van der Waals surface area contributed by atoms with Gasteiger partial charge in [-0.1, -0.05) is 0 Å². The lowest BCUT2D eigenvalue weighted by Gasteiger charge is -2.10. The molecule has 0 atom stereocenters. The Hall–Kier alpha value is -0.510. The van der Waals surface area contributed by atoms with Crippen molar-refractivity contribution < 1.29 is 4.79 Å². The van der Waals surface area contributed by atoms with E-state index in [1.54, 1.807) is 11.8 Å². The molecule has 1 saturated heterocycles. The number of amides is 1. The monoisotopic (exact) mass is 158 g/mol. The van der Waals surface area contributed by atoms with E-state index in [1.807, 2.05) is 5.55 Å². The van der Waals surface area contributed by atoms with Crippen molar-refractivity contribution in [3.8, 4) is 0 Å². The minimum Gasteiger partial charge on any atom is -0.356 e. The van der Waals surface area contributed by atoms with Gasteiger partial charge in [0.05, 0.1) is 5.55 Å². The summed E-state index contributed by atoms with van der Waals surface area (Å²) in [5.41, 5.74) is 1.90. The number of carbonyl (C=O) groups excluding carboxylic acids is 1. The molecular formula is C6H10N2OS. The summed E-state index contributed by atoms with van der Waals surface area (Å²) in [6.07, 6.45) is 0.736. The smallest absolute Gasteiger partial charge is 0.221 e. The molecule has 0 unspecified atom stereocenters. The molecule has 0 aromatic rings. The summed E-state index contributed by atoms with van der Waals surface area (Å²) in [6, 6.07) is 0. The van der Waals surface area contributed by atoms with Gasteiger partial charge in [0.2, 0.25) is 5.91 Å². The van der Waals surface area contributed by atoms with Crippen LogP contribution in [-0.2, 0) is 4.79 Å². The molecule has 10 heavy (non-hydrogen) atoms. The van der Waals surface area contributed by atoms with Crippen molar-refractivity contribution in [2.24, 2.45) is 4.99 Å². The predicted molar refractivity (Wildman–Crippen MR) is 43.4 cm³/mol. The van der Waals surface area contributed by atoms with Crippen LogP contribution in [0.5, 0.6) is 0 Å². The number of nitrogens with zero attached hydrogens (tertiary/aromatic N) is 1. The second kappa shape index (κ2) is 4.33. The third-order valence-electron chi connectivity index (χ3n) is 1.16. The fourth-order valence-corrected chi connectivity index (χ4v) is 1.02. The average molecular weight is 158 g/mol. The number of hydrogen-bond acceptors (Lipinski definition) is 3. The summed E-state index contributed by atoms with van der Waals surface area (Å²) in [4.78, 5) is 13.7. The van der Waals surface area contributed by atoms with E-state index in [4.69, 9.17) is 0 Å². The van der Waals surface area contributed by atoms with Crippen molar-refractivity contribution in [3.63, 3.8) is 0 Å². The first-order chi connectivity index (χ1) is 4.89. The third kappa shape index (κ3) is 2.87. The summed E-state index contributed by atoms with van der Waals surface area (Å²) < 4.78 is 0. The van der Waals surface area contributed by atoms with E-state index in [-0.39, 0.29) is 5.91 Å². The molecule has 1 N–H and O–H groups in total. The SMILES string of the molecule is C1=NCCS1.O=C1CCN1. The quantitative estimate of drug-likeness (QED) is 0.514. The van der Waals surface area contributed by atoms with Gasteiger partial charge in [0.1, 0.15) is 0 Å². The molecule has 0 spiro atoms. The molecule has 0 bridgehead atoms. The van der Waals surface area contributed by atoms with Crippen molar-refractivity contribution >= 4 is 23.2 Å². The molecule has 2 aliphatic heterocycles. The van der Waals surface area contributed by atoms with E-state index < -0.39 is 0 Å². The highest BCUT2D eigenvalue weighted by Crippen LogP contribution is 1.99. The highest BCUT2D eigenvalue weighted by atomic mass is 32.2. The van der Waals surface area contributed by atoms with E-state index in [0.29, 0.717) is 0 Å². The van der Waals surface area contributed by atoms with Gasteiger partial charge in [-0.2, -0.15) is 0 Å². The van der Waals surface area contributed by atoms with Crippen molar-refractivity contribution in [1.29, 1.82) is 0 Å². The normalized spacial score (nSPS) is 20.6. The van der Waals surface area contributed by atoms with Gasteiger partial charge in [0.25, 0.3) is 0 Å². The molecule has 4 heteroatoms. The van der Waals surface area contributed by atoms with Crippen LogP contribution in [0.3, 0.4) is 0 Å². The van der Waals surface area contributed by atoms with E-state index in [2.05, 4.69) is 10.3 Å². The molecule has 0 aromatic heterocycles. The van der Waals surface area contributed by atoms with Gasteiger partial charge in [-0.3, -0.25) is 9.79 Å². The Balaban J connectivity index is 0.0000001000. The number of aliphatic imine (C=N–C) groups is 1. The zero-order valence-corrected chi connectivity index (χ0v) is 6.49. The molecule has 0 aliphatic carbocycles. The molecule has 2 heterocycles. The molecule has 56 valence electrons. The zero-order valence-electron chi connectivity index (χ0n) is 5.67. The van der Waals surface area contributed by atoms with Gasteiger partial charge in [-0.25, -0.2) is 0 Å². The van der Waals surface area contributed by atoms with Crippen LogP contribution in [-0.4, -0.2) is 30.3 Å². The van der Waals surface area contributed by atoms with Crippen LogP contribution in [0.15, 0.2) is 4.99 Å². The van der Waals surface area contributed by atoms with Crippen LogP contribution >= 0.6 is 11.8 Å². The van der Waals surface area contributed by atoms with Gasteiger partial charge in [-0.05, 0) is 0 Å². The lowest BCUT2D eigenvalue weighted by Crippen LogP contribution is -2.37. The predicted octanol–water partition coefficient (Wildman–Crippen LogP) is 0.268. The van der Waals surface area contributed by atoms with Crippen molar-refractivity contribution in [2.45, 2.75) is 6.42 Å². The Kier molecular flexibility index (Phi) is 3.29. The molecule has 2 rings (SSSR count). The van der Waals surface area contributed by atoms with Crippen LogP contribution in [0.2, 0.25) is 0 Å². The molecule has 1 fully saturated rings. The first-order valence-electron chi connectivity index (χ1n) is 3.26. The highest BCUT2D eigenvalue weighted by molar-refractivity contribution is 8.12.